The van der Waals surface area contributed by atoms with E-state index in [0.29, 0.717) is 5.75 Å². The summed E-state index contributed by atoms with van der Waals surface area (Å²) in [6.07, 6.45) is 1.62. The Morgan fingerprint density at radius 2 is 2.17 bits per heavy atom. The van der Waals surface area contributed by atoms with Crippen molar-refractivity contribution >= 4 is 17.5 Å². The Hall–Kier alpha value is -2.58. The molecule has 1 N–H and O–H groups in total. The Morgan fingerprint density at radius 3 is 2.87 bits per heavy atom. The van der Waals surface area contributed by atoms with E-state index in [2.05, 4.69) is 22.1 Å². The third-order valence-corrected chi connectivity index (χ3v) is 3.15. The van der Waals surface area contributed by atoms with Crippen LogP contribution in [0.4, 0.5) is 4.39 Å². The first kappa shape index (κ1) is 16.8. The van der Waals surface area contributed by atoms with Crippen LogP contribution >= 0.6 is 11.6 Å². The molecule has 1 aromatic carbocycles. The Labute approximate surface area is 138 Å². The fourth-order valence-electron chi connectivity index (χ4n) is 1.67. The van der Waals surface area contributed by atoms with Crippen molar-refractivity contribution < 1.29 is 13.9 Å². The third-order valence-electron chi connectivity index (χ3n) is 2.83. The van der Waals surface area contributed by atoms with Gasteiger partial charge in [0.2, 0.25) is 0 Å². The van der Waals surface area contributed by atoms with Gasteiger partial charge in [-0.1, -0.05) is 23.4 Å². The molecular weight excluding hydrogens is 319 g/mol. The lowest BCUT2D eigenvalue weighted by Gasteiger charge is -2.03. The monoisotopic (exact) mass is 332 g/mol. The maximum absolute atomic E-state index is 12.9. The Bertz CT molecular complexity index is 751. The molecule has 23 heavy (non-hydrogen) atoms. The number of aromatic nitrogens is 1. The van der Waals surface area contributed by atoms with Crippen molar-refractivity contribution in [2.24, 2.45) is 0 Å². The van der Waals surface area contributed by atoms with Crippen molar-refractivity contribution in [1.82, 2.24) is 10.3 Å². The highest BCUT2D eigenvalue weighted by atomic mass is 35.5. The summed E-state index contributed by atoms with van der Waals surface area (Å²) in [6, 6.07) is 7.24. The zero-order valence-corrected chi connectivity index (χ0v) is 13.2. The molecule has 118 valence electrons. The molecule has 6 heteroatoms. The molecule has 0 fully saturated rings. The van der Waals surface area contributed by atoms with Crippen LogP contribution in [0.1, 0.15) is 16.1 Å². The van der Waals surface area contributed by atoms with Gasteiger partial charge in [-0.2, -0.15) is 0 Å². The highest BCUT2D eigenvalue weighted by Gasteiger charge is 2.09. The molecule has 0 spiro atoms. The number of carbonyl (C=O) groups is 1. The van der Waals surface area contributed by atoms with Gasteiger partial charge in [0, 0.05) is 5.69 Å². The van der Waals surface area contributed by atoms with E-state index in [1.54, 1.807) is 6.20 Å². The van der Waals surface area contributed by atoms with Crippen LogP contribution in [0, 0.1) is 24.6 Å². The van der Waals surface area contributed by atoms with Crippen LogP contribution in [0.3, 0.4) is 0 Å². The average molecular weight is 333 g/mol. The van der Waals surface area contributed by atoms with Gasteiger partial charge < -0.3 is 10.1 Å². The average Bonchev–Trinajstić information content (AvgIpc) is 2.52. The molecule has 0 unspecified atom stereocenters. The van der Waals surface area contributed by atoms with E-state index in [1.807, 2.05) is 19.1 Å². The van der Waals surface area contributed by atoms with Crippen LogP contribution in [0.2, 0.25) is 5.02 Å². The van der Waals surface area contributed by atoms with Gasteiger partial charge in [-0.15, -0.1) is 0 Å². The summed E-state index contributed by atoms with van der Waals surface area (Å²) in [7, 11) is 0. The predicted molar refractivity (Wildman–Crippen MR) is 86.0 cm³/mol. The number of nitrogens with one attached hydrogen (secondary N) is 1. The minimum absolute atomic E-state index is 0.0608. The number of carbonyl (C=O) groups excluding carboxylic acids is 1. The van der Waals surface area contributed by atoms with E-state index >= 15 is 0 Å². The number of rotatable bonds is 4. The van der Waals surface area contributed by atoms with Gasteiger partial charge in [0.15, 0.2) is 0 Å². The summed E-state index contributed by atoms with van der Waals surface area (Å²) in [5.74, 6) is 5.26. The SMILES string of the molecule is Cc1ccc(OCC#CCNC(=O)c2ccc(F)cc2Cl)cn1. The van der Waals surface area contributed by atoms with Crippen molar-refractivity contribution in [1.29, 1.82) is 0 Å². The van der Waals surface area contributed by atoms with E-state index in [4.69, 9.17) is 16.3 Å². The van der Waals surface area contributed by atoms with Gasteiger partial charge in [0.05, 0.1) is 23.3 Å². The quantitative estimate of drug-likeness (QED) is 0.876. The van der Waals surface area contributed by atoms with Gasteiger partial charge in [-0.3, -0.25) is 9.78 Å². The van der Waals surface area contributed by atoms with Gasteiger partial charge in [0.1, 0.15) is 18.2 Å². The van der Waals surface area contributed by atoms with Crippen molar-refractivity contribution in [2.75, 3.05) is 13.2 Å². The smallest absolute Gasteiger partial charge is 0.253 e. The van der Waals surface area contributed by atoms with Crippen molar-refractivity contribution in [3.05, 3.63) is 58.6 Å². The maximum Gasteiger partial charge on any atom is 0.253 e. The lowest BCUT2D eigenvalue weighted by atomic mass is 10.2. The molecule has 0 aliphatic rings. The number of benzene rings is 1. The number of nitrogens with zero attached hydrogens (tertiary/aromatic N) is 1. The van der Waals surface area contributed by atoms with Crippen LogP contribution < -0.4 is 10.1 Å². The fraction of sp³-hybridized carbons (Fsp3) is 0.176. The second-order valence-corrected chi connectivity index (χ2v) is 4.99. The van der Waals surface area contributed by atoms with Crippen LogP contribution in [-0.4, -0.2) is 24.0 Å². The van der Waals surface area contributed by atoms with Crippen molar-refractivity contribution in [3.8, 4) is 17.6 Å². The molecule has 2 aromatic rings. The van der Waals surface area contributed by atoms with Gasteiger partial charge >= 0.3 is 0 Å². The lowest BCUT2D eigenvalue weighted by molar-refractivity contribution is 0.0959. The maximum atomic E-state index is 12.9. The number of pyridine rings is 1. The first-order chi connectivity index (χ1) is 11.1. The minimum atomic E-state index is -0.492. The van der Waals surface area contributed by atoms with E-state index in [9.17, 15) is 9.18 Å². The second kappa shape index (κ2) is 8.16. The molecule has 1 aromatic heterocycles. The van der Waals surface area contributed by atoms with Gasteiger partial charge in [-0.05, 0) is 37.3 Å². The summed E-state index contributed by atoms with van der Waals surface area (Å²) in [6.45, 7) is 2.22. The molecule has 0 aliphatic heterocycles. The largest absolute Gasteiger partial charge is 0.479 e. The fourth-order valence-corrected chi connectivity index (χ4v) is 1.92. The zero-order chi connectivity index (χ0) is 16.7. The van der Waals surface area contributed by atoms with Gasteiger partial charge in [0.25, 0.3) is 5.91 Å². The molecule has 0 bridgehead atoms. The summed E-state index contributed by atoms with van der Waals surface area (Å²) in [5, 5.41) is 2.64. The standard InChI is InChI=1S/C17H14ClFN2O2/c1-12-4-6-14(11-21-12)23-9-3-2-8-20-17(22)15-7-5-13(19)10-16(15)18/h4-7,10-11H,8-9H2,1H3,(H,20,22). The summed E-state index contributed by atoms with van der Waals surface area (Å²) in [4.78, 5) is 15.9. The van der Waals surface area contributed by atoms with Gasteiger partial charge in [-0.25, -0.2) is 4.39 Å². The van der Waals surface area contributed by atoms with Crippen LogP contribution in [0.15, 0.2) is 36.5 Å². The minimum Gasteiger partial charge on any atom is -0.479 e. The number of hydrogen-bond acceptors (Lipinski definition) is 3. The van der Waals surface area contributed by atoms with Crippen molar-refractivity contribution in [3.63, 3.8) is 0 Å². The zero-order valence-electron chi connectivity index (χ0n) is 12.4. The number of ether oxygens (including phenoxy) is 1. The normalized spacial score (nSPS) is 9.70. The molecule has 0 aliphatic carbocycles. The molecule has 0 saturated heterocycles. The molecule has 1 heterocycles. The van der Waals surface area contributed by atoms with E-state index in [1.165, 1.54) is 12.1 Å². The topological polar surface area (TPSA) is 51.2 Å². The molecule has 4 nitrogen and oxygen atoms in total. The number of amides is 1. The predicted octanol–water partition coefficient (Wildman–Crippen LogP) is 2.99. The summed E-state index contributed by atoms with van der Waals surface area (Å²) >= 11 is 5.80. The summed E-state index contributed by atoms with van der Waals surface area (Å²) in [5.41, 5.74) is 1.11. The van der Waals surface area contributed by atoms with Crippen LogP contribution in [0.25, 0.3) is 0 Å². The Balaban J connectivity index is 1.76. The third kappa shape index (κ3) is 5.28. The first-order valence-electron chi connectivity index (χ1n) is 6.80. The van der Waals surface area contributed by atoms with Crippen molar-refractivity contribution in [2.45, 2.75) is 6.92 Å². The van der Waals surface area contributed by atoms with E-state index in [0.717, 1.165) is 11.8 Å². The Morgan fingerprint density at radius 1 is 1.35 bits per heavy atom. The van der Waals surface area contributed by atoms with E-state index < -0.39 is 11.7 Å². The summed E-state index contributed by atoms with van der Waals surface area (Å²) < 4.78 is 18.3. The highest BCUT2D eigenvalue weighted by Crippen LogP contribution is 2.16. The first-order valence-corrected chi connectivity index (χ1v) is 7.18. The highest BCUT2D eigenvalue weighted by molar-refractivity contribution is 6.33. The molecule has 1 amide bonds. The lowest BCUT2D eigenvalue weighted by Crippen LogP contribution is -2.24. The van der Waals surface area contributed by atoms with Crippen LogP contribution in [0.5, 0.6) is 5.75 Å². The molecule has 0 radical (unpaired) electrons. The molecule has 0 saturated carbocycles. The second-order valence-electron chi connectivity index (χ2n) is 4.58. The number of aryl methyl sites for hydroxylation is 1. The molecule has 2 rings (SSSR count). The van der Waals surface area contributed by atoms with E-state index in [-0.39, 0.29) is 23.7 Å². The number of hydrogen-bond donors (Lipinski definition) is 1. The molecule has 0 atom stereocenters. The molecular formula is C17H14ClFN2O2. The van der Waals surface area contributed by atoms with Crippen LogP contribution in [-0.2, 0) is 0 Å². The number of halogens is 2. The Kier molecular flexibility index (Phi) is 5.95.